The van der Waals surface area contributed by atoms with Crippen molar-refractivity contribution >= 4 is 27.5 Å². The Bertz CT molecular complexity index is 436. The zero-order valence-electron chi connectivity index (χ0n) is 13.1. The molecule has 0 aliphatic rings. The molecule has 0 bridgehead atoms. The van der Waals surface area contributed by atoms with Crippen molar-refractivity contribution in [2.45, 2.75) is 45.2 Å². The molecule has 20 heavy (non-hydrogen) atoms. The van der Waals surface area contributed by atoms with E-state index < -0.39 is 0 Å². The first-order valence-corrected chi connectivity index (χ1v) is 8.37. The molecule has 4 heteroatoms. The second kappa shape index (κ2) is 7.79. The summed E-state index contributed by atoms with van der Waals surface area (Å²) in [5.41, 5.74) is 1.30. The van der Waals surface area contributed by atoms with Gasteiger partial charge in [0.1, 0.15) is 0 Å². The van der Waals surface area contributed by atoms with Gasteiger partial charge in [-0.25, -0.2) is 0 Å². The molecule has 0 saturated heterocycles. The van der Waals surface area contributed by atoms with Gasteiger partial charge >= 0.3 is 0 Å². The lowest BCUT2D eigenvalue weighted by Gasteiger charge is -2.43. The van der Waals surface area contributed by atoms with Crippen LogP contribution in [0.4, 0.5) is 0 Å². The van der Waals surface area contributed by atoms with E-state index in [0.29, 0.717) is 6.04 Å². The Morgan fingerprint density at radius 3 is 2.45 bits per heavy atom. The van der Waals surface area contributed by atoms with Crippen molar-refractivity contribution < 1.29 is 0 Å². The Morgan fingerprint density at radius 2 is 2.00 bits per heavy atom. The van der Waals surface area contributed by atoms with E-state index in [1.54, 1.807) is 0 Å². The molecule has 0 fully saturated rings. The first kappa shape index (κ1) is 18.0. The molecule has 2 unspecified atom stereocenters. The summed E-state index contributed by atoms with van der Waals surface area (Å²) in [6.07, 6.45) is 2.02. The van der Waals surface area contributed by atoms with Crippen LogP contribution in [0, 0.1) is 0 Å². The Morgan fingerprint density at radius 1 is 1.35 bits per heavy atom. The third-order valence-electron chi connectivity index (χ3n) is 4.38. The average molecular weight is 362 g/mol. The number of hydrogen-bond donors (Lipinski definition) is 1. The Balaban J connectivity index is 3.02. The highest BCUT2D eigenvalue weighted by molar-refractivity contribution is 9.10. The van der Waals surface area contributed by atoms with E-state index in [0.717, 1.165) is 28.9 Å². The van der Waals surface area contributed by atoms with Crippen LogP contribution in [0.3, 0.4) is 0 Å². The minimum atomic E-state index is 0.104. The van der Waals surface area contributed by atoms with Gasteiger partial charge in [-0.05, 0) is 58.1 Å². The normalized spacial score (nSPS) is 16.2. The Kier molecular flexibility index (Phi) is 6.99. The third-order valence-corrected chi connectivity index (χ3v) is 5.22. The predicted octanol–water partition coefficient (Wildman–Crippen LogP) is 4.35. The number of halogens is 2. The standard InChI is InChI=1S/C16H26BrClN2/c1-6-16(3,20(4)5)15(19-7-2)10-12-8-9-13(17)11-14(12)18/h8-9,11,15,19H,6-7,10H2,1-5H3. The zero-order valence-corrected chi connectivity index (χ0v) is 15.5. The van der Waals surface area contributed by atoms with Gasteiger partial charge < -0.3 is 10.2 Å². The molecule has 1 N–H and O–H groups in total. The molecule has 114 valence electrons. The monoisotopic (exact) mass is 360 g/mol. The predicted molar refractivity (Wildman–Crippen MR) is 92.7 cm³/mol. The molecule has 0 heterocycles. The van der Waals surface area contributed by atoms with Crippen LogP contribution in [0.2, 0.25) is 5.02 Å². The van der Waals surface area contributed by atoms with Crippen LogP contribution in [-0.4, -0.2) is 37.1 Å². The van der Waals surface area contributed by atoms with Crippen molar-refractivity contribution in [2.75, 3.05) is 20.6 Å². The van der Waals surface area contributed by atoms with Crippen molar-refractivity contribution in [3.05, 3.63) is 33.3 Å². The number of nitrogens with zero attached hydrogens (tertiary/aromatic N) is 1. The Hall–Kier alpha value is -0.0900. The van der Waals surface area contributed by atoms with E-state index in [9.17, 15) is 0 Å². The molecule has 0 amide bonds. The van der Waals surface area contributed by atoms with Crippen molar-refractivity contribution in [1.29, 1.82) is 0 Å². The van der Waals surface area contributed by atoms with Gasteiger partial charge in [-0.1, -0.05) is 47.4 Å². The van der Waals surface area contributed by atoms with Crippen molar-refractivity contribution in [3.63, 3.8) is 0 Å². The summed E-state index contributed by atoms with van der Waals surface area (Å²) in [4.78, 5) is 2.31. The number of rotatable bonds is 7. The van der Waals surface area contributed by atoms with Gasteiger partial charge in [0, 0.05) is 21.1 Å². The number of nitrogens with one attached hydrogen (secondary N) is 1. The second-order valence-corrected chi connectivity index (χ2v) is 6.98. The largest absolute Gasteiger partial charge is 0.312 e. The molecule has 0 radical (unpaired) electrons. The smallest absolute Gasteiger partial charge is 0.0449 e. The van der Waals surface area contributed by atoms with Gasteiger partial charge in [-0.3, -0.25) is 0 Å². The van der Waals surface area contributed by atoms with Gasteiger partial charge in [0.05, 0.1) is 0 Å². The number of hydrogen-bond acceptors (Lipinski definition) is 2. The molecule has 0 aliphatic heterocycles. The highest BCUT2D eigenvalue weighted by Crippen LogP contribution is 2.28. The fraction of sp³-hybridized carbons (Fsp3) is 0.625. The molecular formula is C16H26BrClN2. The average Bonchev–Trinajstić information content (AvgIpc) is 2.39. The van der Waals surface area contributed by atoms with Crippen LogP contribution in [0.15, 0.2) is 22.7 Å². The van der Waals surface area contributed by atoms with E-state index >= 15 is 0 Å². The second-order valence-electron chi connectivity index (χ2n) is 5.66. The molecule has 2 atom stereocenters. The molecule has 0 saturated carbocycles. The summed E-state index contributed by atoms with van der Waals surface area (Å²) in [6.45, 7) is 7.67. The summed E-state index contributed by atoms with van der Waals surface area (Å²) in [5.74, 6) is 0. The molecule has 2 nitrogen and oxygen atoms in total. The van der Waals surface area contributed by atoms with Crippen LogP contribution >= 0.6 is 27.5 Å². The number of likely N-dealkylation sites (N-methyl/N-ethyl adjacent to an activating group) is 2. The van der Waals surface area contributed by atoms with E-state index in [4.69, 9.17) is 11.6 Å². The maximum Gasteiger partial charge on any atom is 0.0449 e. The lowest BCUT2D eigenvalue weighted by atomic mass is 9.84. The van der Waals surface area contributed by atoms with Crippen molar-refractivity contribution in [2.24, 2.45) is 0 Å². The quantitative estimate of drug-likeness (QED) is 0.776. The van der Waals surface area contributed by atoms with Crippen LogP contribution in [0.25, 0.3) is 0 Å². The van der Waals surface area contributed by atoms with E-state index in [1.807, 2.05) is 6.07 Å². The zero-order chi connectivity index (χ0) is 15.3. The van der Waals surface area contributed by atoms with Crippen LogP contribution in [0.5, 0.6) is 0 Å². The summed E-state index contributed by atoms with van der Waals surface area (Å²) in [7, 11) is 4.30. The first-order valence-electron chi connectivity index (χ1n) is 7.19. The van der Waals surface area contributed by atoms with Gasteiger partial charge in [0.2, 0.25) is 0 Å². The lowest BCUT2D eigenvalue weighted by molar-refractivity contribution is 0.113. The van der Waals surface area contributed by atoms with Crippen LogP contribution in [0.1, 0.15) is 32.8 Å². The summed E-state index contributed by atoms with van der Waals surface area (Å²) in [5, 5.41) is 4.47. The van der Waals surface area contributed by atoms with Gasteiger partial charge in [-0.2, -0.15) is 0 Å². The minimum absolute atomic E-state index is 0.104. The topological polar surface area (TPSA) is 15.3 Å². The maximum atomic E-state index is 6.38. The molecule has 1 aromatic rings. The fourth-order valence-corrected chi connectivity index (χ4v) is 3.29. The van der Waals surface area contributed by atoms with E-state index in [1.165, 1.54) is 5.56 Å². The molecule has 1 rings (SSSR count). The first-order chi connectivity index (χ1) is 9.35. The summed E-state index contributed by atoms with van der Waals surface area (Å²) >= 11 is 9.84. The van der Waals surface area contributed by atoms with Crippen LogP contribution in [-0.2, 0) is 6.42 Å². The van der Waals surface area contributed by atoms with E-state index in [-0.39, 0.29) is 5.54 Å². The SMILES string of the molecule is CCNC(Cc1ccc(Br)cc1Cl)C(C)(CC)N(C)C. The third kappa shape index (κ3) is 4.20. The minimum Gasteiger partial charge on any atom is -0.312 e. The van der Waals surface area contributed by atoms with Crippen LogP contribution < -0.4 is 5.32 Å². The molecule has 0 aromatic heterocycles. The summed E-state index contributed by atoms with van der Waals surface area (Å²) < 4.78 is 1.03. The highest BCUT2D eigenvalue weighted by Gasteiger charge is 2.34. The highest BCUT2D eigenvalue weighted by atomic mass is 79.9. The van der Waals surface area contributed by atoms with Gasteiger partial charge in [-0.15, -0.1) is 0 Å². The Labute approximate surface area is 137 Å². The van der Waals surface area contributed by atoms with Gasteiger partial charge in [0.15, 0.2) is 0 Å². The fourth-order valence-electron chi connectivity index (χ4n) is 2.54. The molecule has 1 aromatic carbocycles. The molecule has 0 aliphatic carbocycles. The van der Waals surface area contributed by atoms with Crippen molar-refractivity contribution in [1.82, 2.24) is 10.2 Å². The van der Waals surface area contributed by atoms with Crippen molar-refractivity contribution in [3.8, 4) is 0 Å². The lowest BCUT2D eigenvalue weighted by Crippen LogP contribution is -2.57. The molecule has 0 spiro atoms. The van der Waals surface area contributed by atoms with Gasteiger partial charge in [0.25, 0.3) is 0 Å². The molecular weight excluding hydrogens is 336 g/mol. The number of benzene rings is 1. The summed E-state index contributed by atoms with van der Waals surface area (Å²) in [6, 6.07) is 6.51. The maximum absolute atomic E-state index is 6.38. The van der Waals surface area contributed by atoms with E-state index in [2.05, 4.69) is 73.1 Å².